The van der Waals surface area contributed by atoms with Crippen LogP contribution in [-0.2, 0) is 18.0 Å². The minimum Gasteiger partial charge on any atom is -0.355 e. The number of unbranched alkanes of at least 4 members (excludes halogenated alkanes) is 8. The second-order valence-corrected chi connectivity index (χ2v) is 11.4. The van der Waals surface area contributed by atoms with Gasteiger partial charge in [-0.3, -0.25) is 9.59 Å². The van der Waals surface area contributed by atoms with Gasteiger partial charge in [0.05, 0.1) is 0 Å². The van der Waals surface area contributed by atoms with E-state index in [1.165, 1.54) is 51.4 Å². The van der Waals surface area contributed by atoms with Crippen LogP contribution in [0.3, 0.4) is 0 Å². The second-order valence-electron chi connectivity index (χ2n) is 10.9. The molecule has 0 aliphatic carbocycles. The van der Waals surface area contributed by atoms with Crippen molar-refractivity contribution in [3.05, 3.63) is 97.2 Å². The highest BCUT2D eigenvalue weighted by atomic mass is 32.2. The Morgan fingerprint density at radius 3 is 0.956 bits per heavy atom. The summed E-state index contributed by atoms with van der Waals surface area (Å²) in [5.41, 5.74) is 0. The van der Waals surface area contributed by atoms with Gasteiger partial charge in [-0.15, -0.1) is 0 Å². The average Bonchev–Trinajstić information content (AvgIpc) is 3.04. The summed E-state index contributed by atoms with van der Waals surface area (Å²) in [6.07, 6.45) is 54.5. The molecule has 0 saturated carbocycles. The van der Waals surface area contributed by atoms with E-state index < -0.39 is 0 Å². The molecule has 0 rings (SSSR count). The van der Waals surface area contributed by atoms with Crippen LogP contribution in [0.15, 0.2) is 97.2 Å². The molecule has 0 N–H and O–H groups in total. The third-order valence-electron chi connectivity index (χ3n) is 6.67. The zero-order chi connectivity index (χ0) is 32.7. The Morgan fingerprint density at radius 2 is 0.667 bits per heavy atom. The fourth-order valence-corrected chi connectivity index (χ4v) is 4.38. The molecule has 4 nitrogen and oxygen atoms in total. The van der Waals surface area contributed by atoms with Crippen LogP contribution in [0.4, 0.5) is 0 Å². The van der Waals surface area contributed by atoms with Crippen LogP contribution in [0.1, 0.15) is 142 Å². The van der Waals surface area contributed by atoms with Gasteiger partial charge in [0.1, 0.15) is 0 Å². The molecule has 0 aliphatic heterocycles. The van der Waals surface area contributed by atoms with Crippen LogP contribution < -0.4 is 0 Å². The van der Waals surface area contributed by atoms with Crippen molar-refractivity contribution in [2.24, 2.45) is 0 Å². The number of hydrogen-bond acceptors (Lipinski definition) is 5. The molecular formula is C40H62O4S. The van der Waals surface area contributed by atoms with Crippen molar-refractivity contribution in [2.75, 3.05) is 0 Å². The number of carbonyl (C=O) groups is 2. The summed E-state index contributed by atoms with van der Waals surface area (Å²) < 4.78 is 9.88. The summed E-state index contributed by atoms with van der Waals surface area (Å²) in [4.78, 5) is 23.6. The Hall–Kier alpha value is -2.79. The van der Waals surface area contributed by atoms with E-state index in [0.29, 0.717) is 38.0 Å². The van der Waals surface area contributed by atoms with Crippen molar-refractivity contribution in [3.63, 3.8) is 0 Å². The molecule has 0 spiro atoms. The van der Waals surface area contributed by atoms with Gasteiger partial charge in [0, 0.05) is 12.8 Å². The van der Waals surface area contributed by atoms with Gasteiger partial charge >= 0.3 is 11.9 Å². The Morgan fingerprint density at radius 1 is 0.400 bits per heavy atom. The number of rotatable bonds is 30. The summed E-state index contributed by atoms with van der Waals surface area (Å²) in [7, 11) is 0. The van der Waals surface area contributed by atoms with Gasteiger partial charge in [-0.25, -0.2) is 0 Å². The number of allylic oxidation sites excluding steroid dienone is 16. The van der Waals surface area contributed by atoms with Crippen molar-refractivity contribution < 1.29 is 18.0 Å². The molecule has 0 aliphatic rings. The second kappa shape index (κ2) is 37.4. The third-order valence-corrected chi connectivity index (χ3v) is 7.18. The fraction of sp³-hybridized carbons (Fsp3) is 0.550. The van der Waals surface area contributed by atoms with Crippen LogP contribution in [0.25, 0.3) is 0 Å². The number of carbonyl (C=O) groups excluding carboxylic acids is 2. The standard InChI is InChI=1S/C40H62O4S/c1-3-5-7-9-11-13-15-17-19-21-23-25-27-29-31-33-35-37-39(41)43-45-44-40(42)38-36-34-32-30-28-26-24-22-20-18-16-14-12-10-8-6-4-2/h11-14,17-20,23-26,29-32H,3-10,15-16,21-22,27-28,33-38H2,1-2H3. The van der Waals surface area contributed by atoms with E-state index in [4.69, 9.17) is 8.37 Å². The minimum absolute atomic E-state index is 0.300. The quantitative estimate of drug-likeness (QED) is 0.0445. The van der Waals surface area contributed by atoms with Crippen molar-refractivity contribution >= 4 is 24.3 Å². The lowest BCUT2D eigenvalue weighted by atomic mass is 10.2. The SMILES string of the molecule is CCCCCC=CCC=CCC=CCC=CCCCC(=O)OSOC(=O)CCCC=CCC=CCC=CCC=CCCCCC. The molecule has 252 valence electrons. The average molecular weight is 639 g/mol. The molecule has 0 heterocycles. The lowest BCUT2D eigenvalue weighted by Crippen LogP contribution is -2.02. The van der Waals surface area contributed by atoms with Gasteiger partial charge in [0.2, 0.25) is 0 Å². The van der Waals surface area contributed by atoms with Gasteiger partial charge in [0.15, 0.2) is 0 Å². The third kappa shape index (κ3) is 37.3. The van der Waals surface area contributed by atoms with Crippen LogP contribution >= 0.6 is 12.3 Å². The lowest BCUT2D eigenvalue weighted by Gasteiger charge is -2.02. The van der Waals surface area contributed by atoms with Gasteiger partial charge in [-0.1, -0.05) is 137 Å². The van der Waals surface area contributed by atoms with Gasteiger partial charge in [0.25, 0.3) is 12.3 Å². The smallest absolute Gasteiger partial charge is 0.320 e. The molecule has 0 atom stereocenters. The van der Waals surface area contributed by atoms with Crippen molar-refractivity contribution in [1.29, 1.82) is 0 Å². The Kier molecular flexibility index (Phi) is 35.1. The molecule has 0 saturated heterocycles. The maximum absolute atomic E-state index is 11.8. The van der Waals surface area contributed by atoms with E-state index in [1.54, 1.807) is 0 Å². The molecule has 0 bridgehead atoms. The molecule has 0 amide bonds. The summed E-state index contributed by atoms with van der Waals surface area (Å²) in [6, 6.07) is 0. The molecule has 0 unspecified atom stereocenters. The van der Waals surface area contributed by atoms with E-state index in [9.17, 15) is 9.59 Å². The van der Waals surface area contributed by atoms with E-state index in [-0.39, 0.29) is 11.9 Å². The van der Waals surface area contributed by atoms with Crippen LogP contribution in [0.5, 0.6) is 0 Å². The highest BCUT2D eigenvalue weighted by Gasteiger charge is 2.08. The van der Waals surface area contributed by atoms with E-state index in [2.05, 4.69) is 111 Å². The van der Waals surface area contributed by atoms with E-state index in [0.717, 1.165) is 51.4 Å². The molecular weight excluding hydrogens is 577 g/mol. The molecule has 0 aromatic carbocycles. The normalized spacial score (nSPS) is 12.7. The zero-order valence-corrected chi connectivity index (χ0v) is 29.2. The first-order chi connectivity index (χ1) is 22.2. The lowest BCUT2D eigenvalue weighted by molar-refractivity contribution is -0.136. The first-order valence-electron chi connectivity index (χ1n) is 17.5. The van der Waals surface area contributed by atoms with E-state index in [1.807, 2.05) is 0 Å². The van der Waals surface area contributed by atoms with Crippen molar-refractivity contribution in [2.45, 2.75) is 142 Å². The van der Waals surface area contributed by atoms with Crippen LogP contribution in [0.2, 0.25) is 0 Å². The Balaban J connectivity index is 3.60. The van der Waals surface area contributed by atoms with Gasteiger partial charge in [-0.05, 0) is 89.9 Å². The monoisotopic (exact) mass is 638 g/mol. The predicted octanol–water partition coefficient (Wildman–Crippen LogP) is 12.9. The molecule has 0 fully saturated rings. The summed E-state index contributed by atoms with van der Waals surface area (Å²) in [5, 5.41) is 0. The highest BCUT2D eigenvalue weighted by molar-refractivity contribution is 7.90. The summed E-state index contributed by atoms with van der Waals surface area (Å²) in [6.45, 7) is 4.46. The molecule has 0 radical (unpaired) electrons. The molecule has 45 heavy (non-hydrogen) atoms. The van der Waals surface area contributed by atoms with Gasteiger partial charge < -0.3 is 8.37 Å². The molecule has 5 heteroatoms. The van der Waals surface area contributed by atoms with Crippen LogP contribution in [0, 0.1) is 0 Å². The molecule has 0 aromatic rings. The fourth-order valence-electron chi connectivity index (χ4n) is 4.03. The minimum atomic E-state index is -0.371. The largest absolute Gasteiger partial charge is 0.355 e. The van der Waals surface area contributed by atoms with Crippen molar-refractivity contribution in [3.8, 4) is 0 Å². The van der Waals surface area contributed by atoms with Crippen LogP contribution in [-0.4, -0.2) is 11.9 Å². The first-order valence-corrected chi connectivity index (χ1v) is 18.1. The predicted molar refractivity (Wildman–Crippen MR) is 197 cm³/mol. The highest BCUT2D eigenvalue weighted by Crippen LogP contribution is 2.12. The first kappa shape index (κ1) is 42.2. The Labute approximate surface area is 281 Å². The number of hydrogen-bond donors (Lipinski definition) is 0. The maximum Gasteiger partial charge on any atom is 0.320 e. The Bertz CT molecular complexity index is 847. The molecule has 0 aromatic heterocycles. The van der Waals surface area contributed by atoms with Gasteiger partial charge in [-0.2, -0.15) is 0 Å². The maximum atomic E-state index is 11.8. The topological polar surface area (TPSA) is 52.6 Å². The summed E-state index contributed by atoms with van der Waals surface area (Å²) in [5.74, 6) is -0.741. The van der Waals surface area contributed by atoms with Crippen molar-refractivity contribution in [1.82, 2.24) is 0 Å². The summed E-state index contributed by atoms with van der Waals surface area (Å²) >= 11 is 0.476. The van der Waals surface area contributed by atoms with E-state index >= 15 is 0 Å². The zero-order valence-electron chi connectivity index (χ0n) is 28.4.